The Hall–Kier alpha value is -2.30. The predicted octanol–water partition coefficient (Wildman–Crippen LogP) is 10.8. The third-order valence-electron chi connectivity index (χ3n) is 9.01. The molecule has 0 aliphatic heterocycles. The Morgan fingerprint density at radius 1 is 0.630 bits per heavy atom. The summed E-state index contributed by atoms with van der Waals surface area (Å²) in [6, 6.07) is -1.52. The number of allylic oxidation sites excluding steroid dienone is 5. The van der Waals surface area contributed by atoms with E-state index in [-0.39, 0.29) is 19.4 Å². The number of ether oxygens (including phenoxy) is 2. The molecular formula is C42H76NO10P. The highest BCUT2D eigenvalue weighted by Crippen LogP contribution is 2.43. The topological polar surface area (TPSA) is 172 Å². The number of esters is 2. The predicted molar refractivity (Wildman–Crippen MR) is 217 cm³/mol. The average Bonchev–Trinajstić information content (AvgIpc) is 3.14. The number of phosphoric ester groups is 1. The summed E-state index contributed by atoms with van der Waals surface area (Å²) in [4.78, 5) is 45.9. The first kappa shape index (κ1) is 51.7. The van der Waals surface area contributed by atoms with Gasteiger partial charge in [0.25, 0.3) is 0 Å². The van der Waals surface area contributed by atoms with Gasteiger partial charge in [-0.05, 0) is 57.8 Å². The van der Waals surface area contributed by atoms with Gasteiger partial charge in [-0.3, -0.25) is 23.4 Å². The van der Waals surface area contributed by atoms with Crippen molar-refractivity contribution in [3.05, 3.63) is 37.0 Å². The van der Waals surface area contributed by atoms with E-state index in [0.717, 1.165) is 70.6 Å². The van der Waals surface area contributed by atoms with Gasteiger partial charge in [0.2, 0.25) is 0 Å². The second kappa shape index (κ2) is 37.6. The lowest BCUT2D eigenvalue weighted by atomic mass is 10.0. The van der Waals surface area contributed by atoms with E-state index in [1.54, 1.807) is 0 Å². The molecule has 0 saturated carbocycles. The van der Waals surface area contributed by atoms with Gasteiger partial charge < -0.3 is 25.2 Å². The summed E-state index contributed by atoms with van der Waals surface area (Å²) < 4.78 is 32.6. The molecule has 314 valence electrons. The third kappa shape index (κ3) is 36.7. The van der Waals surface area contributed by atoms with Gasteiger partial charge >= 0.3 is 25.7 Å². The number of aliphatic carboxylic acids is 1. The highest BCUT2D eigenvalue weighted by atomic mass is 31.2. The Morgan fingerprint density at radius 2 is 1.07 bits per heavy atom. The van der Waals surface area contributed by atoms with Gasteiger partial charge in [0.1, 0.15) is 12.6 Å². The summed E-state index contributed by atoms with van der Waals surface area (Å²) in [7, 11) is -4.72. The average molecular weight is 786 g/mol. The van der Waals surface area contributed by atoms with Gasteiger partial charge in [0.05, 0.1) is 13.2 Å². The van der Waals surface area contributed by atoms with Crippen LogP contribution in [0.4, 0.5) is 0 Å². The van der Waals surface area contributed by atoms with Crippen LogP contribution in [0.2, 0.25) is 0 Å². The van der Waals surface area contributed by atoms with Crippen molar-refractivity contribution in [3.63, 3.8) is 0 Å². The SMILES string of the molecule is C=CCCCCCCCCCCCCCCCC(=O)O[C@H](COC(=O)CCCCCCC/C=C/C/C=C/CCCCC)COP(=O)(O)OC[C@H](N)C(=O)O. The van der Waals surface area contributed by atoms with Crippen molar-refractivity contribution < 1.29 is 47.5 Å². The van der Waals surface area contributed by atoms with Crippen LogP contribution in [0.25, 0.3) is 0 Å². The molecule has 0 aromatic rings. The second-order valence-electron chi connectivity index (χ2n) is 14.2. The number of phosphoric acid groups is 1. The molecule has 0 rings (SSSR count). The van der Waals surface area contributed by atoms with Crippen LogP contribution >= 0.6 is 7.82 Å². The molecule has 0 bridgehead atoms. The van der Waals surface area contributed by atoms with Crippen LogP contribution in [-0.2, 0) is 37.5 Å². The summed E-state index contributed by atoms with van der Waals surface area (Å²) >= 11 is 0. The molecule has 11 nitrogen and oxygen atoms in total. The maximum atomic E-state index is 12.6. The minimum atomic E-state index is -4.72. The standard InChI is InChI=1S/C42H76NO10P/c1-3-5-7-9-11-13-15-17-19-21-23-25-27-29-31-33-40(44)50-35-38(36-51-54(48,49)52-37-39(43)42(46)47)53-41(45)34-32-30-28-26-24-22-20-18-16-14-12-10-8-6-4-2/h4,11,13,17,19,38-39H,2-3,5-10,12,14-16,18,20-37,43H2,1H3,(H,46,47)(H,48,49)/b13-11+,19-17+/t38-,39+/m1/s1. The summed E-state index contributed by atoms with van der Waals surface area (Å²) in [6.07, 6.45) is 38.1. The number of nitrogens with two attached hydrogens (primary N) is 1. The number of carboxylic acid groups (broad SMARTS) is 1. The van der Waals surface area contributed by atoms with E-state index in [0.29, 0.717) is 12.8 Å². The number of carbonyl (C=O) groups is 3. The molecule has 0 aromatic heterocycles. The molecule has 54 heavy (non-hydrogen) atoms. The van der Waals surface area contributed by atoms with E-state index in [1.807, 2.05) is 6.08 Å². The summed E-state index contributed by atoms with van der Waals surface area (Å²) in [5.41, 5.74) is 5.33. The first-order chi connectivity index (χ1) is 26.1. The third-order valence-corrected chi connectivity index (χ3v) is 9.96. The number of carbonyl (C=O) groups excluding carboxylic acids is 2. The summed E-state index contributed by atoms with van der Waals surface area (Å²) in [6.45, 7) is 4.28. The Labute approximate surface area is 327 Å². The van der Waals surface area contributed by atoms with Crippen LogP contribution in [-0.4, -0.2) is 59.9 Å². The van der Waals surface area contributed by atoms with E-state index in [1.165, 1.54) is 77.0 Å². The van der Waals surface area contributed by atoms with Crippen LogP contribution in [0.15, 0.2) is 37.0 Å². The largest absolute Gasteiger partial charge is 0.480 e. The van der Waals surface area contributed by atoms with Gasteiger partial charge in [-0.2, -0.15) is 0 Å². The molecule has 0 fully saturated rings. The van der Waals surface area contributed by atoms with E-state index in [4.69, 9.17) is 24.8 Å². The Balaban J connectivity index is 4.39. The minimum Gasteiger partial charge on any atom is -0.480 e. The summed E-state index contributed by atoms with van der Waals surface area (Å²) in [5.74, 6) is -2.40. The highest BCUT2D eigenvalue weighted by molar-refractivity contribution is 7.47. The van der Waals surface area contributed by atoms with Crippen LogP contribution in [0.5, 0.6) is 0 Å². The van der Waals surface area contributed by atoms with Crippen molar-refractivity contribution in [2.75, 3.05) is 19.8 Å². The fraction of sp³-hybridized carbons (Fsp3) is 0.786. The molecule has 4 N–H and O–H groups in total. The normalized spacial score (nSPS) is 13.9. The lowest BCUT2D eigenvalue weighted by Crippen LogP contribution is -2.34. The first-order valence-electron chi connectivity index (χ1n) is 21.0. The number of unbranched alkanes of at least 4 members (excludes halogenated alkanes) is 21. The number of rotatable bonds is 40. The van der Waals surface area contributed by atoms with Crippen LogP contribution in [0, 0.1) is 0 Å². The van der Waals surface area contributed by atoms with Gasteiger partial charge in [0.15, 0.2) is 6.10 Å². The van der Waals surface area contributed by atoms with E-state index < -0.39 is 51.1 Å². The first-order valence-corrected chi connectivity index (χ1v) is 22.5. The fourth-order valence-electron chi connectivity index (χ4n) is 5.66. The van der Waals surface area contributed by atoms with Crippen molar-refractivity contribution in [1.29, 1.82) is 0 Å². The number of hydrogen-bond acceptors (Lipinski definition) is 9. The Bertz CT molecular complexity index is 1050. The van der Waals surface area contributed by atoms with Crippen molar-refractivity contribution >= 4 is 25.7 Å². The second-order valence-corrected chi connectivity index (χ2v) is 15.7. The molecule has 0 amide bonds. The lowest BCUT2D eigenvalue weighted by molar-refractivity contribution is -0.161. The number of carboxylic acids is 1. The molecule has 12 heteroatoms. The highest BCUT2D eigenvalue weighted by Gasteiger charge is 2.28. The molecule has 3 atom stereocenters. The number of hydrogen-bond donors (Lipinski definition) is 3. The molecule has 1 unspecified atom stereocenters. The molecule has 0 saturated heterocycles. The van der Waals surface area contributed by atoms with Crippen molar-refractivity contribution in [1.82, 2.24) is 0 Å². The van der Waals surface area contributed by atoms with Crippen LogP contribution in [0.1, 0.15) is 180 Å². The van der Waals surface area contributed by atoms with Gasteiger partial charge in [-0.15, -0.1) is 6.58 Å². The van der Waals surface area contributed by atoms with Crippen LogP contribution in [0.3, 0.4) is 0 Å². The Morgan fingerprint density at radius 3 is 1.57 bits per heavy atom. The van der Waals surface area contributed by atoms with E-state index >= 15 is 0 Å². The van der Waals surface area contributed by atoms with E-state index in [9.17, 15) is 23.8 Å². The minimum absolute atomic E-state index is 0.157. The molecule has 0 aliphatic rings. The zero-order valence-corrected chi connectivity index (χ0v) is 34.5. The van der Waals surface area contributed by atoms with Gasteiger partial charge in [-0.1, -0.05) is 140 Å². The molecule has 0 radical (unpaired) electrons. The molecule has 0 spiro atoms. The maximum Gasteiger partial charge on any atom is 0.472 e. The van der Waals surface area contributed by atoms with Crippen molar-refractivity contribution in [3.8, 4) is 0 Å². The quantitative estimate of drug-likeness (QED) is 0.0234. The van der Waals surface area contributed by atoms with E-state index in [2.05, 4.69) is 42.3 Å². The summed E-state index contributed by atoms with van der Waals surface area (Å²) in [5, 5.41) is 8.88. The molecule has 0 heterocycles. The Kier molecular flexibility index (Phi) is 36.0. The lowest BCUT2D eigenvalue weighted by Gasteiger charge is -2.20. The fourth-order valence-corrected chi connectivity index (χ4v) is 6.44. The van der Waals surface area contributed by atoms with Gasteiger partial charge in [-0.25, -0.2) is 4.57 Å². The van der Waals surface area contributed by atoms with Crippen molar-refractivity contribution in [2.45, 2.75) is 192 Å². The molecule has 0 aliphatic carbocycles. The zero-order valence-electron chi connectivity index (χ0n) is 33.6. The maximum absolute atomic E-state index is 12.6. The molecule has 0 aromatic carbocycles. The van der Waals surface area contributed by atoms with Crippen molar-refractivity contribution in [2.24, 2.45) is 5.73 Å². The molecular weight excluding hydrogens is 709 g/mol. The van der Waals surface area contributed by atoms with Gasteiger partial charge in [0, 0.05) is 12.8 Å². The monoisotopic (exact) mass is 786 g/mol. The zero-order chi connectivity index (χ0) is 40.0. The van der Waals surface area contributed by atoms with Crippen LogP contribution < -0.4 is 5.73 Å². The smallest absolute Gasteiger partial charge is 0.472 e.